The van der Waals surface area contributed by atoms with Crippen molar-refractivity contribution in [3.63, 3.8) is 0 Å². The molecule has 0 radical (unpaired) electrons. The minimum absolute atomic E-state index is 0.131. The van der Waals surface area contributed by atoms with Gasteiger partial charge in [0.05, 0.1) is 34.2 Å². The third-order valence-corrected chi connectivity index (χ3v) is 4.93. The molecule has 7 nitrogen and oxygen atoms in total. The Morgan fingerprint density at radius 3 is 2.44 bits per heavy atom. The summed E-state index contributed by atoms with van der Waals surface area (Å²) in [4.78, 5) is 4.54. The van der Waals surface area contributed by atoms with Crippen molar-refractivity contribution in [1.82, 2.24) is 9.55 Å². The zero-order valence-electron chi connectivity index (χ0n) is 13.9. The van der Waals surface area contributed by atoms with E-state index in [1.54, 1.807) is 12.1 Å². The summed E-state index contributed by atoms with van der Waals surface area (Å²) in [5.41, 5.74) is 1.39. The van der Waals surface area contributed by atoms with Gasteiger partial charge in [-0.2, -0.15) is 0 Å². The van der Waals surface area contributed by atoms with Crippen LogP contribution in [0.1, 0.15) is 13.8 Å². The van der Waals surface area contributed by atoms with Gasteiger partial charge in [-0.3, -0.25) is 0 Å². The second kappa shape index (κ2) is 7.26. The third-order valence-electron chi connectivity index (χ3n) is 4.21. The first-order valence-electron chi connectivity index (χ1n) is 8.06. The minimum Gasteiger partial charge on any atom is -0.394 e. The molecule has 0 unspecified atom stereocenters. The van der Waals surface area contributed by atoms with E-state index in [1.807, 2.05) is 18.4 Å². The maximum Gasteiger partial charge on any atom is 0.204 e. The van der Waals surface area contributed by atoms with Crippen molar-refractivity contribution in [2.24, 2.45) is 0 Å². The van der Waals surface area contributed by atoms with E-state index in [1.165, 1.54) is 0 Å². The van der Waals surface area contributed by atoms with E-state index in [-0.39, 0.29) is 19.2 Å². The standard InChI is InChI=1S/C16H21Cl2N3O4/c1-7(2)19-16-20-10-3-8(17)9(18)4-11(10)21(16)5-12-14(23)15(24)13(6-22)25-12/h3-4,7,12-15,22-24H,5-6H2,1-2H3,(H,19,20)/t12-,13+,14-,15+/m1/s1. The van der Waals surface area contributed by atoms with Crippen LogP contribution in [0.2, 0.25) is 10.0 Å². The lowest BCUT2D eigenvalue weighted by Gasteiger charge is -2.19. The van der Waals surface area contributed by atoms with Crippen LogP contribution in [0.5, 0.6) is 0 Å². The Hall–Kier alpha value is -1.09. The van der Waals surface area contributed by atoms with Gasteiger partial charge in [0.15, 0.2) is 0 Å². The number of aliphatic hydroxyl groups is 3. The predicted octanol–water partition coefficient (Wildman–Crippen LogP) is 1.64. The van der Waals surface area contributed by atoms with Crippen molar-refractivity contribution in [2.45, 2.75) is 50.8 Å². The summed E-state index contributed by atoms with van der Waals surface area (Å²) in [5, 5.41) is 33.5. The Morgan fingerprint density at radius 1 is 1.20 bits per heavy atom. The topological polar surface area (TPSA) is 99.8 Å². The number of fused-ring (bicyclic) bond motifs is 1. The molecule has 0 spiro atoms. The van der Waals surface area contributed by atoms with Crippen LogP contribution in [0, 0.1) is 0 Å². The molecule has 1 aliphatic rings. The van der Waals surface area contributed by atoms with Crippen molar-refractivity contribution in [3.05, 3.63) is 22.2 Å². The third kappa shape index (κ3) is 3.58. The van der Waals surface area contributed by atoms with Crippen LogP contribution in [0.15, 0.2) is 12.1 Å². The average Bonchev–Trinajstić information content (AvgIpc) is 3.00. The molecule has 1 aromatic heterocycles. The summed E-state index contributed by atoms with van der Waals surface area (Å²) < 4.78 is 7.42. The first-order chi connectivity index (χ1) is 11.8. The number of hydrogen-bond donors (Lipinski definition) is 4. The minimum atomic E-state index is -1.13. The summed E-state index contributed by atoms with van der Waals surface area (Å²) >= 11 is 12.2. The molecule has 9 heteroatoms. The molecule has 0 bridgehead atoms. The molecular weight excluding hydrogens is 369 g/mol. The van der Waals surface area contributed by atoms with Gasteiger partial charge in [0.2, 0.25) is 5.95 Å². The Kier molecular flexibility index (Phi) is 5.43. The highest BCUT2D eigenvalue weighted by molar-refractivity contribution is 6.42. The van der Waals surface area contributed by atoms with Crippen LogP contribution in [0.4, 0.5) is 5.95 Å². The van der Waals surface area contributed by atoms with Crippen LogP contribution in [0.25, 0.3) is 11.0 Å². The zero-order chi connectivity index (χ0) is 18.3. The van der Waals surface area contributed by atoms with Gasteiger partial charge >= 0.3 is 0 Å². The quantitative estimate of drug-likeness (QED) is 0.620. The van der Waals surface area contributed by atoms with Crippen molar-refractivity contribution in [2.75, 3.05) is 11.9 Å². The number of imidazole rings is 1. The molecule has 2 aromatic rings. The first kappa shape index (κ1) is 18.7. The molecule has 1 aromatic carbocycles. The van der Waals surface area contributed by atoms with Crippen LogP contribution in [-0.2, 0) is 11.3 Å². The summed E-state index contributed by atoms with van der Waals surface area (Å²) in [5.74, 6) is 0.584. The van der Waals surface area contributed by atoms with Crippen molar-refractivity contribution in [1.29, 1.82) is 0 Å². The number of ether oxygens (including phenoxy) is 1. The van der Waals surface area contributed by atoms with E-state index >= 15 is 0 Å². The fraction of sp³-hybridized carbons (Fsp3) is 0.562. The number of aromatic nitrogens is 2. The van der Waals surface area contributed by atoms with Crippen LogP contribution < -0.4 is 5.32 Å². The van der Waals surface area contributed by atoms with Gasteiger partial charge in [-0.15, -0.1) is 0 Å². The van der Waals surface area contributed by atoms with Crippen LogP contribution >= 0.6 is 23.2 Å². The average molecular weight is 390 g/mol. The normalized spacial score (nSPS) is 26.7. The Balaban J connectivity index is 2.00. The van der Waals surface area contributed by atoms with Gasteiger partial charge in [-0.1, -0.05) is 23.2 Å². The lowest BCUT2D eigenvalue weighted by Crippen LogP contribution is -2.35. The lowest BCUT2D eigenvalue weighted by atomic mass is 10.1. The van der Waals surface area contributed by atoms with Gasteiger partial charge in [0.25, 0.3) is 0 Å². The number of nitrogens with one attached hydrogen (secondary N) is 1. The van der Waals surface area contributed by atoms with Crippen LogP contribution in [-0.4, -0.2) is 61.9 Å². The Bertz CT molecular complexity index is 767. The zero-order valence-corrected chi connectivity index (χ0v) is 15.4. The molecule has 4 atom stereocenters. The molecule has 1 saturated heterocycles. The number of hydrogen-bond acceptors (Lipinski definition) is 6. The van der Waals surface area contributed by atoms with Crippen LogP contribution in [0.3, 0.4) is 0 Å². The molecule has 3 rings (SSSR count). The fourth-order valence-corrected chi connectivity index (χ4v) is 3.30. The molecule has 0 saturated carbocycles. The summed E-state index contributed by atoms with van der Waals surface area (Å²) in [7, 11) is 0. The van der Waals surface area contributed by atoms with Gasteiger partial charge in [0, 0.05) is 6.04 Å². The Labute approximate surface area is 155 Å². The van der Waals surface area contributed by atoms with Gasteiger partial charge < -0.3 is 29.9 Å². The summed E-state index contributed by atoms with van der Waals surface area (Å²) in [6.45, 7) is 3.84. The number of anilines is 1. The second-order valence-corrected chi connectivity index (χ2v) is 7.29. The highest BCUT2D eigenvalue weighted by Crippen LogP contribution is 2.31. The largest absolute Gasteiger partial charge is 0.394 e. The Morgan fingerprint density at radius 2 is 1.84 bits per heavy atom. The molecule has 4 N–H and O–H groups in total. The molecule has 0 aliphatic carbocycles. The van der Waals surface area contributed by atoms with E-state index in [0.29, 0.717) is 21.5 Å². The van der Waals surface area contributed by atoms with Crippen molar-refractivity contribution < 1.29 is 20.1 Å². The monoisotopic (exact) mass is 389 g/mol. The van der Waals surface area contributed by atoms with Crippen molar-refractivity contribution in [3.8, 4) is 0 Å². The van der Waals surface area contributed by atoms with E-state index < -0.39 is 24.4 Å². The van der Waals surface area contributed by atoms with E-state index in [2.05, 4.69) is 10.3 Å². The highest BCUT2D eigenvalue weighted by Gasteiger charge is 2.42. The molecule has 25 heavy (non-hydrogen) atoms. The second-order valence-electron chi connectivity index (χ2n) is 6.48. The van der Waals surface area contributed by atoms with E-state index in [4.69, 9.17) is 27.9 Å². The first-order valence-corrected chi connectivity index (χ1v) is 8.81. The lowest BCUT2D eigenvalue weighted by molar-refractivity contribution is -0.0260. The summed E-state index contributed by atoms with van der Waals surface area (Å²) in [6.07, 6.45) is -3.74. The van der Waals surface area contributed by atoms with E-state index in [0.717, 1.165) is 5.52 Å². The number of aliphatic hydroxyl groups excluding tert-OH is 3. The fourth-order valence-electron chi connectivity index (χ4n) is 2.98. The van der Waals surface area contributed by atoms with E-state index in [9.17, 15) is 15.3 Å². The van der Waals surface area contributed by atoms with Gasteiger partial charge in [-0.25, -0.2) is 4.98 Å². The summed E-state index contributed by atoms with van der Waals surface area (Å²) in [6, 6.07) is 3.52. The predicted molar refractivity (Wildman–Crippen MR) is 96.3 cm³/mol. The maximum absolute atomic E-state index is 10.2. The van der Waals surface area contributed by atoms with Gasteiger partial charge in [-0.05, 0) is 26.0 Å². The maximum atomic E-state index is 10.2. The number of benzene rings is 1. The number of nitrogens with zero attached hydrogens (tertiary/aromatic N) is 2. The van der Waals surface area contributed by atoms with Crippen molar-refractivity contribution >= 4 is 40.2 Å². The smallest absolute Gasteiger partial charge is 0.204 e. The highest BCUT2D eigenvalue weighted by atomic mass is 35.5. The molecule has 0 amide bonds. The molecule has 138 valence electrons. The number of halogens is 2. The molecular formula is C16H21Cl2N3O4. The SMILES string of the molecule is CC(C)Nc1nc2cc(Cl)c(Cl)cc2n1C[C@H]1O[C@@H](CO)[C@H](O)[C@@H]1O. The molecule has 2 heterocycles. The molecule has 1 aliphatic heterocycles. The molecule has 1 fully saturated rings. The number of rotatable bonds is 5. The van der Waals surface area contributed by atoms with Gasteiger partial charge in [0.1, 0.15) is 24.4 Å².